The molecule has 1 aromatic heterocycles. The van der Waals surface area contributed by atoms with E-state index in [0.717, 1.165) is 17.0 Å². The summed E-state index contributed by atoms with van der Waals surface area (Å²) in [6.45, 7) is 2.94. The van der Waals surface area contributed by atoms with Crippen LogP contribution in [0.1, 0.15) is 17.5 Å². The van der Waals surface area contributed by atoms with Gasteiger partial charge in [0, 0.05) is 0 Å². The summed E-state index contributed by atoms with van der Waals surface area (Å²) in [5.41, 5.74) is 0.756. The van der Waals surface area contributed by atoms with Crippen LogP contribution in [0.3, 0.4) is 0 Å². The number of nitrogens with zero attached hydrogens (tertiary/aromatic N) is 2. The molecule has 0 fully saturated rings. The van der Waals surface area contributed by atoms with E-state index in [1.165, 1.54) is 11.3 Å². The monoisotopic (exact) mass is 339 g/mol. The highest BCUT2D eigenvalue weighted by Gasteiger charge is 2.18. The summed E-state index contributed by atoms with van der Waals surface area (Å²) in [7, 11) is 0. The lowest BCUT2D eigenvalue weighted by molar-refractivity contribution is -0.115. The van der Waals surface area contributed by atoms with Crippen molar-refractivity contribution in [1.29, 1.82) is 0 Å². The molecule has 2 aromatic rings. The number of fused-ring (bicyclic) bond motifs is 1. The lowest BCUT2D eigenvalue weighted by Crippen LogP contribution is -2.17. The molecular formula is C14H14ClN3O3S. The lowest BCUT2D eigenvalue weighted by Gasteiger charge is -2.20. The molecule has 1 aliphatic rings. The van der Waals surface area contributed by atoms with Crippen molar-refractivity contribution in [3.05, 3.63) is 27.7 Å². The number of halogens is 1. The van der Waals surface area contributed by atoms with E-state index < -0.39 is 0 Å². The van der Waals surface area contributed by atoms with Gasteiger partial charge in [0.2, 0.25) is 11.0 Å². The number of nitrogens with one attached hydrogen (secondary N) is 1. The minimum atomic E-state index is -0.174. The van der Waals surface area contributed by atoms with Gasteiger partial charge in [0.25, 0.3) is 0 Å². The van der Waals surface area contributed by atoms with Crippen LogP contribution in [0.5, 0.6) is 11.5 Å². The average Bonchev–Trinajstić information content (AvgIpc) is 2.94. The standard InChI is InChI=1S/C14H14ClN3O3S/c1-2-12-17-18-14(22-12)16-11(19)7-8-5-9(15)13-10(6-8)20-3-4-21-13/h5-6H,2-4,7H2,1H3,(H,16,18,19). The molecule has 8 heteroatoms. The molecule has 0 spiro atoms. The van der Waals surface area contributed by atoms with Crippen LogP contribution in [0.25, 0.3) is 0 Å². The van der Waals surface area contributed by atoms with E-state index in [2.05, 4.69) is 15.5 Å². The van der Waals surface area contributed by atoms with Gasteiger partial charge < -0.3 is 14.8 Å². The Hall–Kier alpha value is -1.86. The van der Waals surface area contributed by atoms with Crippen LogP contribution >= 0.6 is 22.9 Å². The van der Waals surface area contributed by atoms with Crippen molar-refractivity contribution in [2.24, 2.45) is 0 Å². The number of carbonyl (C=O) groups excluding carboxylic acids is 1. The van der Waals surface area contributed by atoms with Crippen LogP contribution in [0.15, 0.2) is 12.1 Å². The van der Waals surface area contributed by atoms with E-state index in [1.54, 1.807) is 12.1 Å². The van der Waals surface area contributed by atoms with Crippen LogP contribution in [0.4, 0.5) is 5.13 Å². The molecule has 1 aliphatic heterocycles. The third kappa shape index (κ3) is 3.31. The largest absolute Gasteiger partial charge is 0.486 e. The molecule has 1 N–H and O–H groups in total. The van der Waals surface area contributed by atoms with Gasteiger partial charge in [-0.15, -0.1) is 10.2 Å². The Morgan fingerprint density at radius 1 is 1.36 bits per heavy atom. The van der Waals surface area contributed by atoms with Crippen LogP contribution < -0.4 is 14.8 Å². The van der Waals surface area contributed by atoms with Crippen molar-refractivity contribution in [2.45, 2.75) is 19.8 Å². The Balaban J connectivity index is 1.69. The van der Waals surface area contributed by atoms with Crippen molar-refractivity contribution in [3.8, 4) is 11.5 Å². The van der Waals surface area contributed by atoms with Crippen LogP contribution in [-0.4, -0.2) is 29.3 Å². The van der Waals surface area contributed by atoms with Crippen molar-refractivity contribution >= 4 is 34.0 Å². The third-order valence-corrected chi connectivity index (χ3v) is 4.30. The number of carbonyl (C=O) groups is 1. The second kappa shape index (κ2) is 6.50. The van der Waals surface area contributed by atoms with Gasteiger partial charge in [0.15, 0.2) is 11.5 Å². The van der Waals surface area contributed by atoms with Gasteiger partial charge in [-0.25, -0.2) is 0 Å². The summed E-state index contributed by atoms with van der Waals surface area (Å²) in [5, 5.41) is 12.5. The number of rotatable bonds is 4. The van der Waals surface area contributed by atoms with Crippen molar-refractivity contribution in [1.82, 2.24) is 10.2 Å². The number of aromatic nitrogens is 2. The molecule has 1 amide bonds. The zero-order valence-electron chi connectivity index (χ0n) is 11.9. The molecule has 116 valence electrons. The van der Waals surface area contributed by atoms with Crippen molar-refractivity contribution in [3.63, 3.8) is 0 Å². The van der Waals surface area contributed by atoms with E-state index >= 15 is 0 Å². The molecule has 0 atom stereocenters. The summed E-state index contributed by atoms with van der Waals surface area (Å²) in [6.07, 6.45) is 0.975. The maximum absolute atomic E-state index is 12.1. The molecule has 0 unspecified atom stereocenters. The number of ether oxygens (including phenoxy) is 2. The molecule has 0 radical (unpaired) electrons. The zero-order chi connectivity index (χ0) is 15.5. The van der Waals surface area contributed by atoms with Gasteiger partial charge >= 0.3 is 0 Å². The van der Waals surface area contributed by atoms with Gasteiger partial charge in [0.1, 0.15) is 18.2 Å². The number of hydrogen-bond acceptors (Lipinski definition) is 6. The van der Waals surface area contributed by atoms with Crippen LogP contribution in [0, 0.1) is 0 Å². The molecule has 0 saturated carbocycles. The summed E-state index contributed by atoms with van der Waals surface area (Å²) >= 11 is 7.53. The van der Waals surface area contributed by atoms with Gasteiger partial charge in [-0.05, 0) is 24.1 Å². The second-order valence-corrected chi connectivity index (χ2v) is 6.15. The Morgan fingerprint density at radius 2 is 2.18 bits per heavy atom. The first kappa shape index (κ1) is 15.1. The summed E-state index contributed by atoms with van der Waals surface area (Å²) in [6, 6.07) is 3.49. The van der Waals surface area contributed by atoms with E-state index in [9.17, 15) is 4.79 Å². The molecule has 2 heterocycles. The highest BCUT2D eigenvalue weighted by atomic mass is 35.5. The van der Waals surface area contributed by atoms with Gasteiger partial charge in [-0.3, -0.25) is 4.79 Å². The molecule has 22 heavy (non-hydrogen) atoms. The topological polar surface area (TPSA) is 73.3 Å². The smallest absolute Gasteiger partial charge is 0.230 e. The Morgan fingerprint density at radius 3 is 2.95 bits per heavy atom. The van der Waals surface area contributed by atoms with Crippen LogP contribution in [0.2, 0.25) is 5.02 Å². The fourth-order valence-corrected chi connectivity index (χ4v) is 3.05. The van der Waals surface area contributed by atoms with E-state index in [0.29, 0.717) is 34.9 Å². The fraction of sp³-hybridized carbons (Fsp3) is 0.357. The summed E-state index contributed by atoms with van der Waals surface area (Å²) in [5.74, 6) is 0.936. The molecule has 0 saturated heterocycles. The summed E-state index contributed by atoms with van der Waals surface area (Å²) in [4.78, 5) is 12.1. The van der Waals surface area contributed by atoms with Crippen LogP contribution in [-0.2, 0) is 17.6 Å². The zero-order valence-corrected chi connectivity index (χ0v) is 13.5. The molecule has 0 bridgehead atoms. The van der Waals surface area contributed by atoms with Crippen molar-refractivity contribution < 1.29 is 14.3 Å². The van der Waals surface area contributed by atoms with Gasteiger partial charge in [-0.1, -0.05) is 29.9 Å². The number of hydrogen-bond donors (Lipinski definition) is 1. The third-order valence-electron chi connectivity index (χ3n) is 3.04. The Bertz CT molecular complexity index is 705. The minimum Gasteiger partial charge on any atom is -0.486 e. The first-order valence-electron chi connectivity index (χ1n) is 6.86. The van der Waals surface area contributed by atoms with E-state index in [4.69, 9.17) is 21.1 Å². The maximum Gasteiger partial charge on any atom is 0.230 e. The molecule has 0 aliphatic carbocycles. The highest BCUT2D eigenvalue weighted by molar-refractivity contribution is 7.15. The van der Waals surface area contributed by atoms with Crippen molar-refractivity contribution in [2.75, 3.05) is 18.5 Å². The highest BCUT2D eigenvalue weighted by Crippen LogP contribution is 2.38. The van der Waals surface area contributed by atoms with E-state index in [1.807, 2.05) is 6.92 Å². The number of aryl methyl sites for hydroxylation is 1. The van der Waals surface area contributed by atoms with E-state index in [-0.39, 0.29) is 12.3 Å². The first-order valence-corrected chi connectivity index (χ1v) is 8.05. The minimum absolute atomic E-state index is 0.174. The Labute approximate surface area is 136 Å². The fourth-order valence-electron chi connectivity index (χ4n) is 2.06. The molecule has 6 nitrogen and oxygen atoms in total. The lowest BCUT2D eigenvalue weighted by atomic mass is 10.1. The van der Waals surface area contributed by atoms with Gasteiger partial charge in [-0.2, -0.15) is 0 Å². The summed E-state index contributed by atoms with van der Waals surface area (Å²) < 4.78 is 11.0. The SMILES string of the molecule is CCc1nnc(NC(=O)Cc2cc(Cl)c3c(c2)OCCO3)s1. The second-order valence-electron chi connectivity index (χ2n) is 4.68. The molecule has 1 aromatic carbocycles. The predicted octanol–water partition coefficient (Wildman–Crippen LogP) is 2.71. The average molecular weight is 340 g/mol. The number of benzene rings is 1. The normalized spacial score (nSPS) is 13.0. The quantitative estimate of drug-likeness (QED) is 0.927. The van der Waals surface area contributed by atoms with Gasteiger partial charge in [0.05, 0.1) is 11.4 Å². The Kier molecular flexibility index (Phi) is 4.44. The maximum atomic E-state index is 12.1. The number of anilines is 1. The first-order chi connectivity index (χ1) is 10.7. The number of amides is 1. The molecule has 3 rings (SSSR count). The predicted molar refractivity (Wildman–Crippen MR) is 84.1 cm³/mol. The molecular weight excluding hydrogens is 326 g/mol.